The molecule has 1 atom stereocenters. The van der Waals surface area contributed by atoms with E-state index in [4.69, 9.17) is 5.26 Å². The minimum atomic E-state index is -0.0406. The molecule has 0 amide bonds. The summed E-state index contributed by atoms with van der Waals surface area (Å²) in [7, 11) is 0. The third kappa shape index (κ3) is 4.05. The van der Waals surface area contributed by atoms with E-state index in [-0.39, 0.29) is 18.1 Å². The number of benzene rings is 1. The molecule has 0 heterocycles. The predicted octanol–water partition coefficient (Wildman–Crippen LogP) is 3.01. The van der Waals surface area contributed by atoms with Crippen molar-refractivity contribution in [3.05, 3.63) is 35.4 Å². The van der Waals surface area contributed by atoms with Gasteiger partial charge in [-0.2, -0.15) is 5.26 Å². The Bertz CT molecular complexity index is 424. The average Bonchev–Trinajstić information content (AvgIpc) is 2.49. The monoisotopic (exact) mass is 260 g/mol. The van der Waals surface area contributed by atoms with Crippen molar-refractivity contribution in [3.8, 4) is 6.07 Å². The molecule has 0 aliphatic heterocycles. The van der Waals surface area contributed by atoms with E-state index in [1.54, 1.807) is 0 Å². The van der Waals surface area contributed by atoms with E-state index < -0.39 is 0 Å². The van der Waals surface area contributed by atoms with Gasteiger partial charge in [0.1, 0.15) is 0 Å². The van der Waals surface area contributed by atoms with Crippen LogP contribution in [-0.4, -0.2) is 18.3 Å². The summed E-state index contributed by atoms with van der Waals surface area (Å²) in [6.45, 7) is 7.31. The van der Waals surface area contributed by atoms with E-state index in [0.717, 1.165) is 24.9 Å². The van der Waals surface area contributed by atoms with Crippen LogP contribution in [0.3, 0.4) is 0 Å². The van der Waals surface area contributed by atoms with Crippen molar-refractivity contribution >= 4 is 0 Å². The van der Waals surface area contributed by atoms with Gasteiger partial charge in [0.25, 0.3) is 0 Å². The first kappa shape index (κ1) is 15.7. The second-order valence-electron chi connectivity index (χ2n) is 5.21. The topological polar surface area (TPSA) is 56.0 Å². The van der Waals surface area contributed by atoms with Gasteiger partial charge < -0.3 is 10.4 Å². The lowest BCUT2D eigenvalue weighted by Gasteiger charge is -2.31. The summed E-state index contributed by atoms with van der Waals surface area (Å²) in [5.41, 5.74) is 1.75. The Labute approximate surface area is 116 Å². The van der Waals surface area contributed by atoms with Gasteiger partial charge in [-0.05, 0) is 37.5 Å². The normalized spacial score (nSPS) is 13.0. The van der Waals surface area contributed by atoms with E-state index in [0.29, 0.717) is 5.56 Å². The summed E-state index contributed by atoms with van der Waals surface area (Å²) < 4.78 is 0. The maximum absolute atomic E-state index is 9.56. The lowest BCUT2D eigenvalue weighted by molar-refractivity contribution is 0.110. The summed E-state index contributed by atoms with van der Waals surface area (Å²) in [5.74, 6) is 0. The third-order valence-electron chi connectivity index (χ3n) is 4.13. The van der Waals surface area contributed by atoms with Gasteiger partial charge >= 0.3 is 0 Å². The highest BCUT2D eigenvalue weighted by Gasteiger charge is 2.25. The zero-order valence-electron chi connectivity index (χ0n) is 12.1. The fraction of sp³-hybridized carbons (Fsp3) is 0.562. The molecular weight excluding hydrogens is 236 g/mol. The number of rotatable bonds is 7. The molecule has 0 bridgehead atoms. The summed E-state index contributed by atoms with van der Waals surface area (Å²) in [4.78, 5) is 0. The standard InChI is InChI=1S/C16H24N2O/c1-4-16(5-2,12-19)11-18-13(3)15-8-6-7-14(9-15)10-17/h6-9,13,18-19H,4-5,11-12H2,1-3H3. The smallest absolute Gasteiger partial charge is 0.0991 e. The molecule has 104 valence electrons. The van der Waals surface area contributed by atoms with Gasteiger partial charge in [0, 0.05) is 24.6 Å². The molecule has 0 spiro atoms. The Balaban J connectivity index is 2.69. The van der Waals surface area contributed by atoms with Gasteiger partial charge in [-0.15, -0.1) is 0 Å². The van der Waals surface area contributed by atoms with Gasteiger partial charge in [0.05, 0.1) is 11.6 Å². The molecular formula is C16H24N2O. The largest absolute Gasteiger partial charge is 0.396 e. The summed E-state index contributed by atoms with van der Waals surface area (Å²) in [5, 5.41) is 21.9. The SMILES string of the molecule is CCC(CC)(CO)CNC(C)c1cccc(C#N)c1. The highest BCUT2D eigenvalue weighted by Crippen LogP contribution is 2.26. The Hall–Kier alpha value is -1.37. The van der Waals surface area contributed by atoms with Gasteiger partial charge in [0.2, 0.25) is 0 Å². The van der Waals surface area contributed by atoms with Crippen molar-refractivity contribution in [2.24, 2.45) is 5.41 Å². The molecule has 0 saturated carbocycles. The van der Waals surface area contributed by atoms with Crippen LogP contribution in [0.1, 0.15) is 50.8 Å². The van der Waals surface area contributed by atoms with E-state index in [9.17, 15) is 5.11 Å². The molecule has 0 radical (unpaired) electrons. The van der Waals surface area contributed by atoms with E-state index in [1.165, 1.54) is 0 Å². The molecule has 0 fully saturated rings. The summed E-state index contributed by atoms with van der Waals surface area (Å²) in [6, 6.07) is 10.00. The number of nitrogens with one attached hydrogen (secondary N) is 1. The van der Waals surface area contributed by atoms with Crippen LogP contribution >= 0.6 is 0 Å². The first-order chi connectivity index (χ1) is 9.10. The van der Waals surface area contributed by atoms with Crippen LogP contribution in [-0.2, 0) is 0 Å². The number of hydrogen-bond acceptors (Lipinski definition) is 3. The second-order valence-corrected chi connectivity index (χ2v) is 5.21. The minimum absolute atomic E-state index is 0.0406. The van der Waals surface area contributed by atoms with E-state index in [1.807, 2.05) is 24.3 Å². The van der Waals surface area contributed by atoms with Crippen molar-refractivity contribution in [2.75, 3.05) is 13.2 Å². The molecule has 3 nitrogen and oxygen atoms in total. The Morgan fingerprint density at radius 1 is 1.37 bits per heavy atom. The summed E-state index contributed by atoms with van der Waals surface area (Å²) >= 11 is 0. The van der Waals surface area contributed by atoms with E-state index in [2.05, 4.69) is 32.2 Å². The van der Waals surface area contributed by atoms with Crippen LogP contribution in [0, 0.1) is 16.7 Å². The van der Waals surface area contributed by atoms with Crippen LogP contribution in [0.15, 0.2) is 24.3 Å². The van der Waals surface area contributed by atoms with Crippen LogP contribution < -0.4 is 5.32 Å². The number of nitrogens with zero attached hydrogens (tertiary/aromatic N) is 1. The second kappa shape index (κ2) is 7.28. The van der Waals surface area contributed by atoms with Crippen molar-refractivity contribution in [2.45, 2.75) is 39.7 Å². The summed E-state index contributed by atoms with van der Waals surface area (Å²) in [6.07, 6.45) is 1.91. The van der Waals surface area contributed by atoms with E-state index >= 15 is 0 Å². The first-order valence-electron chi connectivity index (χ1n) is 6.95. The minimum Gasteiger partial charge on any atom is -0.396 e. The number of hydrogen-bond donors (Lipinski definition) is 2. The molecule has 2 N–H and O–H groups in total. The molecule has 1 rings (SSSR count). The van der Waals surface area contributed by atoms with Crippen molar-refractivity contribution in [3.63, 3.8) is 0 Å². The molecule has 0 saturated heterocycles. The van der Waals surface area contributed by atoms with Crippen LogP contribution in [0.2, 0.25) is 0 Å². The number of aliphatic hydroxyl groups excluding tert-OH is 1. The quantitative estimate of drug-likeness (QED) is 0.792. The molecule has 0 aliphatic carbocycles. The highest BCUT2D eigenvalue weighted by atomic mass is 16.3. The first-order valence-corrected chi connectivity index (χ1v) is 6.95. The lowest BCUT2D eigenvalue weighted by Crippen LogP contribution is -2.37. The molecule has 1 unspecified atom stereocenters. The lowest BCUT2D eigenvalue weighted by atomic mass is 9.83. The van der Waals surface area contributed by atoms with Crippen molar-refractivity contribution < 1.29 is 5.11 Å². The Morgan fingerprint density at radius 3 is 2.58 bits per heavy atom. The zero-order chi connectivity index (χ0) is 14.3. The molecule has 0 aliphatic rings. The predicted molar refractivity (Wildman–Crippen MR) is 77.7 cm³/mol. The number of aliphatic hydroxyl groups is 1. The third-order valence-corrected chi connectivity index (χ3v) is 4.13. The van der Waals surface area contributed by atoms with Crippen molar-refractivity contribution in [1.29, 1.82) is 5.26 Å². The maximum Gasteiger partial charge on any atom is 0.0991 e. The van der Waals surface area contributed by atoms with Crippen LogP contribution in [0.5, 0.6) is 0 Å². The fourth-order valence-electron chi connectivity index (χ4n) is 2.14. The molecule has 1 aromatic rings. The van der Waals surface area contributed by atoms with Gasteiger partial charge in [-0.1, -0.05) is 26.0 Å². The van der Waals surface area contributed by atoms with Gasteiger partial charge in [-0.25, -0.2) is 0 Å². The zero-order valence-corrected chi connectivity index (χ0v) is 12.1. The van der Waals surface area contributed by atoms with Crippen LogP contribution in [0.4, 0.5) is 0 Å². The van der Waals surface area contributed by atoms with Gasteiger partial charge in [-0.3, -0.25) is 0 Å². The maximum atomic E-state index is 9.56. The molecule has 1 aromatic carbocycles. The van der Waals surface area contributed by atoms with Gasteiger partial charge in [0.15, 0.2) is 0 Å². The Morgan fingerprint density at radius 2 is 2.05 bits per heavy atom. The number of nitriles is 1. The molecule has 0 aromatic heterocycles. The molecule has 19 heavy (non-hydrogen) atoms. The van der Waals surface area contributed by atoms with Crippen LogP contribution in [0.25, 0.3) is 0 Å². The average molecular weight is 260 g/mol. The highest BCUT2D eigenvalue weighted by molar-refractivity contribution is 5.34. The Kier molecular flexibility index (Phi) is 6.01. The molecule has 3 heteroatoms. The fourth-order valence-corrected chi connectivity index (χ4v) is 2.14. The van der Waals surface area contributed by atoms with Crippen molar-refractivity contribution in [1.82, 2.24) is 5.32 Å².